The lowest BCUT2D eigenvalue weighted by atomic mass is 9.98. The molecule has 0 unspecified atom stereocenters. The zero-order valence-electron chi connectivity index (χ0n) is 12.5. The van der Waals surface area contributed by atoms with Gasteiger partial charge in [0.25, 0.3) is 10.2 Å². The van der Waals surface area contributed by atoms with Gasteiger partial charge in [0.15, 0.2) is 0 Å². The van der Waals surface area contributed by atoms with Crippen LogP contribution < -0.4 is 5.32 Å². The summed E-state index contributed by atoms with van der Waals surface area (Å²) in [6.45, 7) is 5.95. The zero-order valence-corrected chi connectivity index (χ0v) is 14.2. The van der Waals surface area contributed by atoms with E-state index in [1.807, 2.05) is 7.05 Å². The Hall–Kier alpha value is 0.120. The molecule has 1 N–H and O–H groups in total. The molecule has 120 valence electrons. The molecule has 5 nitrogen and oxygen atoms in total. The maximum atomic E-state index is 12.5. The highest BCUT2D eigenvalue weighted by Crippen LogP contribution is 2.24. The lowest BCUT2D eigenvalue weighted by Gasteiger charge is -2.37. The average Bonchev–Trinajstić information content (AvgIpc) is 2.40. The maximum Gasteiger partial charge on any atom is 0.281 e. The average molecular weight is 326 g/mol. The third-order valence-electron chi connectivity index (χ3n) is 4.46. The van der Waals surface area contributed by atoms with E-state index in [0.717, 1.165) is 32.2 Å². The van der Waals surface area contributed by atoms with Crippen LogP contribution in [0.2, 0.25) is 0 Å². The fourth-order valence-electron chi connectivity index (χ4n) is 3.01. The van der Waals surface area contributed by atoms with Crippen LogP contribution in [-0.4, -0.2) is 56.8 Å². The summed E-state index contributed by atoms with van der Waals surface area (Å²) in [5, 5.41) is 3.18. The van der Waals surface area contributed by atoms with Gasteiger partial charge >= 0.3 is 0 Å². The standard InChI is InChI=1S/C13H27N3O2S.ClH/c1-12-3-7-15(8-4-12)19(17,18)16-9-5-13(6-10-16)11-14-2;/h12-14H,3-11H2,1-2H3;1H. The van der Waals surface area contributed by atoms with Gasteiger partial charge in [-0.25, -0.2) is 0 Å². The molecule has 0 saturated carbocycles. The Morgan fingerprint density at radius 1 is 1.00 bits per heavy atom. The van der Waals surface area contributed by atoms with E-state index in [0.29, 0.717) is 38.0 Å². The van der Waals surface area contributed by atoms with Gasteiger partial charge < -0.3 is 5.32 Å². The van der Waals surface area contributed by atoms with Crippen molar-refractivity contribution in [1.29, 1.82) is 0 Å². The molecule has 2 rings (SSSR count). The van der Waals surface area contributed by atoms with Crippen molar-refractivity contribution in [2.24, 2.45) is 11.8 Å². The Morgan fingerprint density at radius 2 is 1.45 bits per heavy atom. The molecule has 7 heteroatoms. The molecule has 0 bridgehead atoms. The molecule has 2 aliphatic rings. The van der Waals surface area contributed by atoms with Gasteiger partial charge in [-0.2, -0.15) is 17.0 Å². The summed E-state index contributed by atoms with van der Waals surface area (Å²) >= 11 is 0. The van der Waals surface area contributed by atoms with Gasteiger partial charge in [-0.1, -0.05) is 6.92 Å². The molecule has 2 saturated heterocycles. The Morgan fingerprint density at radius 3 is 1.90 bits per heavy atom. The minimum atomic E-state index is -3.20. The topological polar surface area (TPSA) is 52.7 Å². The Balaban J connectivity index is 0.00000200. The van der Waals surface area contributed by atoms with Crippen LogP contribution >= 0.6 is 12.4 Å². The Labute approximate surface area is 129 Å². The molecule has 2 heterocycles. The molecular formula is C13H28ClN3O2S. The van der Waals surface area contributed by atoms with Gasteiger partial charge in [0.05, 0.1) is 0 Å². The first kappa shape index (κ1) is 18.2. The largest absolute Gasteiger partial charge is 0.319 e. The van der Waals surface area contributed by atoms with E-state index in [1.54, 1.807) is 8.61 Å². The first-order chi connectivity index (χ1) is 9.04. The summed E-state index contributed by atoms with van der Waals surface area (Å²) in [6.07, 6.45) is 3.94. The molecule has 0 amide bonds. The SMILES string of the molecule is CNCC1CCN(S(=O)(=O)N2CCC(C)CC2)CC1.Cl. The number of piperidine rings is 2. The molecule has 20 heavy (non-hydrogen) atoms. The van der Waals surface area contributed by atoms with Crippen LogP contribution in [0.15, 0.2) is 0 Å². The van der Waals surface area contributed by atoms with E-state index in [-0.39, 0.29) is 12.4 Å². The van der Waals surface area contributed by atoms with Gasteiger partial charge in [0.1, 0.15) is 0 Å². The molecule has 0 atom stereocenters. The number of hydrogen-bond acceptors (Lipinski definition) is 3. The van der Waals surface area contributed by atoms with Crippen molar-refractivity contribution in [2.45, 2.75) is 32.6 Å². The molecule has 2 aliphatic heterocycles. The van der Waals surface area contributed by atoms with Crippen LogP contribution in [0.25, 0.3) is 0 Å². The van der Waals surface area contributed by atoms with E-state index >= 15 is 0 Å². The summed E-state index contributed by atoms with van der Waals surface area (Å²) < 4.78 is 28.5. The first-order valence-electron chi connectivity index (χ1n) is 7.44. The third-order valence-corrected chi connectivity index (χ3v) is 6.50. The van der Waals surface area contributed by atoms with Crippen molar-refractivity contribution in [3.05, 3.63) is 0 Å². The van der Waals surface area contributed by atoms with Crippen LogP contribution in [0.4, 0.5) is 0 Å². The van der Waals surface area contributed by atoms with Crippen molar-refractivity contribution in [1.82, 2.24) is 13.9 Å². The van der Waals surface area contributed by atoms with Gasteiger partial charge in [0.2, 0.25) is 0 Å². The highest BCUT2D eigenvalue weighted by molar-refractivity contribution is 7.86. The van der Waals surface area contributed by atoms with E-state index < -0.39 is 10.2 Å². The predicted octanol–water partition coefficient (Wildman–Crippen LogP) is 1.32. The second-order valence-corrected chi connectivity index (χ2v) is 7.92. The fraction of sp³-hybridized carbons (Fsp3) is 1.00. The predicted molar refractivity (Wildman–Crippen MR) is 84.4 cm³/mol. The summed E-state index contributed by atoms with van der Waals surface area (Å²) in [6, 6.07) is 0. The number of nitrogens with zero attached hydrogens (tertiary/aromatic N) is 2. The van der Waals surface area contributed by atoms with Crippen molar-refractivity contribution < 1.29 is 8.42 Å². The number of hydrogen-bond donors (Lipinski definition) is 1. The smallest absolute Gasteiger partial charge is 0.281 e. The van der Waals surface area contributed by atoms with E-state index in [2.05, 4.69) is 12.2 Å². The molecule has 0 aliphatic carbocycles. The summed E-state index contributed by atoms with van der Waals surface area (Å²) in [5.41, 5.74) is 0. The number of halogens is 1. The Bertz CT molecular complexity index is 375. The summed E-state index contributed by atoms with van der Waals surface area (Å²) in [7, 11) is -1.24. The highest BCUT2D eigenvalue weighted by atomic mass is 35.5. The molecular weight excluding hydrogens is 298 g/mol. The minimum Gasteiger partial charge on any atom is -0.319 e. The number of rotatable bonds is 4. The summed E-state index contributed by atoms with van der Waals surface area (Å²) in [4.78, 5) is 0. The van der Waals surface area contributed by atoms with E-state index in [4.69, 9.17) is 0 Å². The van der Waals surface area contributed by atoms with Crippen molar-refractivity contribution in [2.75, 3.05) is 39.8 Å². The summed E-state index contributed by atoms with van der Waals surface area (Å²) in [5.74, 6) is 1.28. The third kappa shape index (κ3) is 4.31. The normalized spacial score (nSPS) is 24.5. The zero-order chi connectivity index (χ0) is 13.9. The van der Waals surface area contributed by atoms with Crippen molar-refractivity contribution in [3.8, 4) is 0 Å². The fourth-order valence-corrected chi connectivity index (χ4v) is 4.68. The Kier molecular flexibility index (Phi) is 7.21. The quantitative estimate of drug-likeness (QED) is 0.848. The maximum absolute atomic E-state index is 12.5. The number of nitrogens with one attached hydrogen (secondary N) is 1. The van der Waals surface area contributed by atoms with E-state index in [1.165, 1.54) is 0 Å². The van der Waals surface area contributed by atoms with Crippen molar-refractivity contribution in [3.63, 3.8) is 0 Å². The molecule has 2 fully saturated rings. The van der Waals surface area contributed by atoms with Crippen LogP contribution in [0, 0.1) is 11.8 Å². The van der Waals surface area contributed by atoms with Crippen LogP contribution in [-0.2, 0) is 10.2 Å². The van der Waals surface area contributed by atoms with Gasteiger partial charge in [-0.15, -0.1) is 12.4 Å². The van der Waals surface area contributed by atoms with Gasteiger partial charge in [-0.3, -0.25) is 0 Å². The molecule has 0 aromatic carbocycles. The lowest BCUT2D eigenvalue weighted by molar-refractivity contribution is 0.230. The van der Waals surface area contributed by atoms with Crippen LogP contribution in [0.1, 0.15) is 32.6 Å². The van der Waals surface area contributed by atoms with Crippen LogP contribution in [0.5, 0.6) is 0 Å². The molecule has 0 aromatic rings. The van der Waals surface area contributed by atoms with Crippen molar-refractivity contribution >= 4 is 22.6 Å². The van der Waals surface area contributed by atoms with Gasteiger partial charge in [-0.05, 0) is 51.1 Å². The molecule has 0 spiro atoms. The van der Waals surface area contributed by atoms with E-state index in [9.17, 15) is 8.42 Å². The minimum absolute atomic E-state index is 0. The first-order valence-corrected chi connectivity index (χ1v) is 8.83. The van der Waals surface area contributed by atoms with Gasteiger partial charge in [0, 0.05) is 26.2 Å². The highest BCUT2D eigenvalue weighted by Gasteiger charge is 2.34. The second-order valence-electron chi connectivity index (χ2n) is 5.99. The second kappa shape index (κ2) is 7.94. The molecule has 0 radical (unpaired) electrons. The lowest BCUT2D eigenvalue weighted by Crippen LogP contribution is -2.49. The molecule has 0 aromatic heterocycles. The monoisotopic (exact) mass is 325 g/mol. The van der Waals surface area contributed by atoms with Crippen LogP contribution in [0.3, 0.4) is 0 Å².